The highest BCUT2D eigenvalue weighted by atomic mass is 35.5. The lowest BCUT2D eigenvalue weighted by atomic mass is 9.88. The molecular weight excluding hydrogens is 302 g/mol. The summed E-state index contributed by atoms with van der Waals surface area (Å²) in [6.45, 7) is 2.94. The maximum absolute atomic E-state index is 6.36. The molecule has 1 fully saturated rings. The van der Waals surface area contributed by atoms with Crippen molar-refractivity contribution in [2.24, 2.45) is 11.7 Å². The van der Waals surface area contributed by atoms with Crippen LogP contribution in [-0.4, -0.2) is 39.6 Å². The van der Waals surface area contributed by atoms with Crippen molar-refractivity contribution < 1.29 is 14.2 Å². The second kappa shape index (κ2) is 9.36. The van der Waals surface area contributed by atoms with Crippen molar-refractivity contribution >= 4 is 11.6 Å². The quantitative estimate of drug-likeness (QED) is 0.746. The van der Waals surface area contributed by atoms with Crippen LogP contribution in [0.15, 0.2) is 18.2 Å². The van der Waals surface area contributed by atoms with Crippen LogP contribution in [0.1, 0.15) is 24.8 Å². The lowest BCUT2D eigenvalue weighted by Crippen LogP contribution is -2.36. The molecule has 0 aromatic heterocycles. The third-order valence-corrected chi connectivity index (χ3v) is 4.40. The average Bonchev–Trinajstić information content (AvgIpc) is 2.55. The van der Waals surface area contributed by atoms with Gasteiger partial charge in [-0.3, -0.25) is 0 Å². The van der Waals surface area contributed by atoms with Gasteiger partial charge in [0.2, 0.25) is 0 Å². The number of hydrogen-bond donors (Lipinski definition) is 1. The van der Waals surface area contributed by atoms with E-state index in [0.29, 0.717) is 24.2 Å². The van der Waals surface area contributed by atoms with E-state index in [0.717, 1.165) is 44.6 Å². The fourth-order valence-corrected chi connectivity index (χ4v) is 2.93. The fourth-order valence-electron chi connectivity index (χ4n) is 2.75. The van der Waals surface area contributed by atoms with Crippen LogP contribution in [0.2, 0.25) is 5.02 Å². The van der Waals surface area contributed by atoms with Crippen molar-refractivity contribution in [2.75, 3.05) is 33.5 Å². The van der Waals surface area contributed by atoms with Crippen LogP contribution in [0.5, 0.6) is 5.75 Å². The average molecular weight is 328 g/mol. The molecule has 1 aromatic rings. The fraction of sp³-hybridized carbons (Fsp3) is 0.647. The molecule has 2 N–H and O–H groups in total. The molecule has 124 valence electrons. The Morgan fingerprint density at radius 3 is 2.82 bits per heavy atom. The molecule has 0 aliphatic carbocycles. The van der Waals surface area contributed by atoms with Crippen LogP contribution < -0.4 is 10.5 Å². The summed E-state index contributed by atoms with van der Waals surface area (Å²) in [6, 6.07) is 6.09. The molecule has 1 aliphatic rings. The monoisotopic (exact) mass is 327 g/mol. The van der Waals surface area contributed by atoms with Crippen LogP contribution in [0, 0.1) is 5.92 Å². The summed E-state index contributed by atoms with van der Waals surface area (Å²) in [4.78, 5) is 0. The van der Waals surface area contributed by atoms with Gasteiger partial charge in [-0.25, -0.2) is 0 Å². The zero-order chi connectivity index (χ0) is 15.8. The number of ether oxygens (including phenoxy) is 3. The molecule has 22 heavy (non-hydrogen) atoms. The topological polar surface area (TPSA) is 53.7 Å². The highest BCUT2D eigenvalue weighted by molar-refractivity contribution is 6.32. The molecule has 4 nitrogen and oxygen atoms in total. The zero-order valence-corrected chi connectivity index (χ0v) is 14.0. The van der Waals surface area contributed by atoms with E-state index in [1.54, 1.807) is 7.11 Å². The number of benzene rings is 1. The minimum atomic E-state index is 0.159. The Bertz CT molecular complexity index is 450. The van der Waals surface area contributed by atoms with E-state index >= 15 is 0 Å². The second-order valence-electron chi connectivity index (χ2n) is 5.78. The third kappa shape index (κ3) is 5.43. The largest absolute Gasteiger partial charge is 0.492 e. The van der Waals surface area contributed by atoms with Gasteiger partial charge in [0.15, 0.2) is 0 Å². The Labute approximate surface area is 137 Å². The normalized spacial score (nSPS) is 17.4. The summed E-state index contributed by atoms with van der Waals surface area (Å²) in [5.41, 5.74) is 7.53. The van der Waals surface area contributed by atoms with Crippen LogP contribution in [-0.2, 0) is 15.9 Å². The highest BCUT2D eigenvalue weighted by Gasteiger charge is 2.21. The number of rotatable bonds is 8. The Balaban J connectivity index is 1.90. The summed E-state index contributed by atoms with van der Waals surface area (Å²) in [5.74, 6) is 1.27. The summed E-state index contributed by atoms with van der Waals surface area (Å²) in [7, 11) is 1.69. The first kappa shape index (κ1) is 17.5. The highest BCUT2D eigenvalue weighted by Crippen LogP contribution is 2.27. The van der Waals surface area contributed by atoms with Gasteiger partial charge in [-0.1, -0.05) is 17.7 Å². The second-order valence-corrected chi connectivity index (χ2v) is 6.18. The lowest BCUT2D eigenvalue weighted by Gasteiger charge is -2.27. The Kier molecular flexibility index (Phi) is 7.46. The SMILES string of the molecule is COCCCOc1cc(CC(N)C2CCOCC2)ccc1Cl. The van der Waals surface area contributed by atoms with Crippen LogP contribution in [0.3, 0.4) is 0 Å². The van der Waals surface area contributed by atoms with Crippen LogP contribution in [0.25, 0.3) is 0 Å². The van der Waals surface area contributed by atoms with Gasteiger partial charge >= 0.3 is 0 Å². The maximum atomic E-state index is 6.36. The van der Waals surface area contributed by atoms with Gasteiger partial charge in [0.1, 0.15) is 5.75 Å². The van der Waals surface area contributed by atoms with Crippen molar-refractivity contribution in [2.45, 2.75) is 31.7 Å². The molecule has 0 radical (unpaired) electrons. The van der Waals surface area contributed by atoms with Crippen molar-refractivity contribution in [3.05, 3.63) is 28.8 Å². The Morgan fingerprint density at radius 2 is 2.09 bits per heavy atom. The van der Waals surface area contributed by atoms with Crippen LogP contribution >= 0.6 is 11.6 Å². The van der Waals surface area contributed by atoms with E-state index in [-0.39, 0.29) is 6.04 Å². The van der Waals surface area contributed by atoms with Gasteiger partial charge in [0.05, 0.1) is 11.6 Å². The van der Waals surface area contributed by atoms with E-state index < -0.39 is 0 Å². The number of methoxy groups -OCH3 is 1. The molecule has 1 heterocycles. The minimum absolute atomic E-state index is 0.159. The molecule has 1 unspecified atom stereocenters. The van der Waals surface area contributed by atoms with Gasteiger partial charge < -0.3 is 19.9 Å². The minimum Gasteiger partial charge on any atom is -0.492 e. The molecule has 2 rings (SSSR count). The van der Waals surface area contributed by atoms with E-state index in [2.05, 4.69) is 0 Å². The maximum Gasteiger partial charge on any atom is 0.138 e. The molecule has 0 bridgehead atoms. The summed E-state index contributed by atoms with van der Waals surface area (Å²) in [6.07, 6.45) is 3.79. The standard InChI is InChI=1S/C17H26ClNO3/c1-20-7-2-8-22-17-12-13(3-4-15(17)18)11-16(19)14-5-9-21-10-6-14/h3-4,12,14,16H,2,5-11,19H2,1H3. The zero-order valence-electron chi connectivity index (χ0n) is 13.2. The summed E-state index contributed by atoms with van der Waals surface area (Å²) < 4.78 is 16.1. The molecule has 1 aliphatic heterocycles. The first-order valence-corrected chi connectivity index (χ1v) is 8.32. The van der Waals surface area contributed by atoms with E-state index in [4.69, 9.17) is 31.5 Å². The van der Waals surface area contributed by atoms with E-state index in [1.165, 1.54) is 5.56 Å². The Morgan fingerprint density at radius 1 is 1.32 bits per heavy atom. The summed E-state index contributed by atoms with van der Waals surface area (Å²) >= 11 is 6.19. The predicted octanol–water partition coefficient (Wildman–Crippen LogP) is 3.05. The molecule has 5 heteroatoms. The first-order chi connectivity index (χ1) is 10.7. The lowest BCUT2D eigenvalue weighted by molar-refractivity contribution is 0.0585. The van der Waals surface area contributed by atoms with Crippen molar-refractivity contribution in [1.82, 2.24) is 0 Å². The molecular formula is C17H26ClNO3. The van der Waals surface area contributed by atoms with E-state index in [9.17, 15) is 0 Å². The van der Waals surface area contributed by atoms with Crippen molar-refractivity contribution in [3.8, 4) is 5.75 Å². The molecule has 0 amide bonds. The number of halogens is 1. The molecule has 0 saturated carbocycles. The van der Waals surface area contributed by atoms with Gasteiger partial charge in [0.25, 0.3) is 0 Å². The van der Waals surface area contributed by atoms with Gasteiger partial charge in [-0.2, -0.15) is 0 Å². The summed E-state index contributed by atoms with van der Waals surface area (Å²) in [5, 5.41) is 0.640. The third-order valence-electron chi connectivity index (χ3n) is 4.09. The smallest absolute Gasteiger partial charge is 0.138 e. The van der Waals surface area contributed by atoms with Crippen molar-refractivity contribution in [1.29, 1.82) is 0 Å². The van der Waals surface area contributed by atoms with Crippen molar-refractivity contribution in [3.63, 3.8) is 0 Å². The van der Waals surface area contributed by atoms with Crippen LogP contribution in [0.4, 0.5) is 0 Å². The molecule has 1 saturated heterocycles. The van der Waals surface area contributed by atoms with E-state index in [1.807, 2.05) is 18.2 Å². The predicted molar refractivity (Wildman–Crippen MR) is 88.7 cm³/mol. The van der Waals surface area contributed by atoms with Gasteiger partial charge in [0, 0.05) is 39.4 Å². The number of hydrogen-bond acceptors (Lipinski definition) is 4. The van der Waals surface area contributed by atoms with Gasteiger partial charge in [-0.15, -0.1) is 0 Å². The molecule has 1 aromatic carbocycles. The molecule has 1 atom stereocenters. The number of nitrogens with two attached hydrogens (primary N) is 1. The first-order valence-electron chi connectivity index (χ1n) is 7.94. The Hall–Kier alpha value is -0.810. The van der Waals surface area contributed by atoms with Gasteiger partial charge in [-0.05, 0) is 42.9 Å². The molecule has 0 spiro atoms.